The molecule has 1 amide bonds. The highest BCUT2D eigenvalue weighted by molar-refractivity contribution is 7.89. The SMILES string of the molecule is C=NO.O=C(NCc1cc(-c2ccc(C(F)(F)F)nc2)ncn1)C1CCCN1S(=O)(=O)c1ccc(F)cc1. The van der Waals surface area contributed by atoms with Crippen LogP contribution in [-0.2, 0) is 27.5 Å². The fourth-order valence-electron chi connectivity index (χ4n) is 3.69. The number of aromatic nitrogens is 3. The highest BCUT2D eigenvalue weighted by atomic mass is 32.2. The Morgan fingerprint density at radius 2 is 1.84 bits per heavy atom. The van der Waals surface area contributed by atoms with E-state index in [-0.39, 0.29) is 18.0 Å². The number of nitrogens with zero attached hydrogens (tertiary/aromatic N) is 5. The molecule has 3 aromatic rings. The van der Waals surface area contributed by atoms with Crippen molar-refractivity contribution in [1.29, 1.82) is 0 Å². The molecule has 1 atom stereocenters. The first-order valence-electron chi connectivity index (χ1n) is 11.0. The number of rotatable bonds is 6. The Morgan fingerprint density at radius 1 is 1.16 bits per heavy atom. The van der Waals surface area contributed by atoms with Crippen molar-refractivity contribution in [2.45, 2.75) is 36.5 Å². The van der Waals surface area contributed by atoms with Crippen LogP contribution in [0, 0.1) is 5.82 Å². The number of amides is 1. The number of sulfonamides is 1. The van der Waals surface area contributed by atoms with Crippen molar-refractivity contribution in [1.82, 2.24) is 24.6 Å². The van der Waals surface area contributed by atoms with Gasteiger partial charge in [0.25, 0.3) is 0 Å². The summed E-state index contributed by atoms with van der Waals surface area (Å²) in [7, 11) is -4.00. The van der Waals surface area contributed by atoms with Crippen LogP contribution in [0.4, 0.5) is 17.6 Å². The van der Waals surface area contributed by atoms with Crippen LogP contribution in [0.25, 0.3) is 11.3 Å². The van der Waals surface area contributed by atoms with Gasteiger partial charge in [-0.25, -0.2) is 22.8 Å². The summed E-state index contributed by atoms with van der Waals surface area (Å²) < 4.78 is 78.3. The Bertz CT molecular complexity index is 1370. The van der Waals surface area contributed by atoms with Crippen LogP contribution in [-0.4, -0.2) is 58.1 Å². The second-order valence-corrected chi connectivity index (χ2v) is 9.80. The monoisotopic (exact) mass is 554 g/mol. The largest absolute Gasteiger partial charge is 0.433 e. The predicted molar refractivity (Wildman–Crippen MR) is 127 cm³/mol. The molecule has 2 N–H and O–H groups in total. The van der Waals surface area contributed by atoms with Crippen LogP contribution in [0.3, 0.4) is 0 Å². The number of nitrogens with one attached hydrogen (secondary N) is 1. The van der Waals surface area contributed by atoms with Crippen LogP contribution in [0.1, 0.15) is 24.2 Å². The van der Waals surface area contributed by atoms with Gasteiger partial charge in [-0.3, -0.25) is 9.78 Å². The Hall–Kier alpha value is -3.98. The third kappa shape index (κ3) is 6.86. The van der Waals surface area contributed by atoms with Crippen LogP contribution >= 0.6 is 0 Å². The highest BCUT2D eigenvalue weighted by Crippen LogP contribution is 2.29. The summed E-state index contributed by atoms with van der Waals surface area (Å²) in [4.78, 5) is 24.2. The molecule has 3 heterocycles. The number of carbonyl (C=O) groups is 1. The second-order valence-electron chi connectivity index (χ2n) is 7.91. The number of pyridine rings is 1. The lowest BCUT2D eigenvalue weighted by Crippen LogP contribution is -2.45. The zero-order chi connectivity index (χ0) is 27.9. The molecular weight excluding hydrogens is 532 g/mol. The molecule has 10 nitrogen and oxygen atoms in total. The van der Waals surface area contributed by atoms with Gasteiger partial charge in [0.2, 0.25) is 15.9 Å². The van der Waals surface area contributed by atoms with E-state index in [0.717, 1.165) is 40.8 Å². The molecule has 4 rings (SSSR count). The Labute approximate surface area is 215 Å². The molecule has 0 aliphatic carbocycles. The van der Waals surface area contributed by atoms with Crippen molar-refractivity contribution in [2.75, 3.05) is 6.54 Å². The van der Waals surface area contributed by atoms with Crippen molar-refractivity contribution < 1.29 is 36.0 Å². The number of benzene rings is 1. The average Bonchev–Trinajstić information content (AvgIpc) is 3.39. The number of alkyl halides is 3. The molecule has 0 radical (unpaired) electrons. The quantitative estimate of drug-likeness (QED) is 0.207. The highest BCUT2D eigenvalue weighted by Gasteiger charge is 2.39. The van der Waals surface area contributed by atoms with Crippen molar-refractivity contribution in [2.24, 2.45) is 5.16 Å². The van der Waals surface area contributed by atoms with Crippen LogP contribution in [0.5, 0.6) is 0 Å². The standard InChI is InChI=1S/C22H19F4N5O3S.CH3NO/c23-15-4-6-17(7-5-15)35(33,34)31-9-1-2-19(31)21(32)28-12-16-10-18(30-13-29-16)14-3-8-20(27-11-14)22(24,25)26;1-2-3/h3-8,10-11,13,19H,1-2,9,12H2,(H,28,32);3H,1H2. The third-order valence-corrected chi connectivity index (χ3v) is 7.37. The molecule has 38 heavy (non-hydrogen) atoms. The van der Waals surface area contributed by atoms with Gasteiger partial charge in [-0.15, -0.1) is 5.16 Å². The molecule has 15 heteroatoms. The molecule has 1 aromatic carbocycles. The van der Waals surface area contributed by atoms with Gasteiger partial charge in [-0.2, -0.15) is 17.5 Å². The van der Waals surface area contributed by atoms with Crippen LogP contribution in [0.15, 0.2) is 65.0 Å². The minimum Gasteiger partial charge on any atom is -0.411 e. The van der Waals surface area contributed by atoms with Crippen LogP contribution in [0.2, 0.25) is 0 Å². The zero-order valence-corrected chi connectivity index (χ0v) is 20.5. The number of halogens is 4. The van der Waals surface area contributed by atoms with E-state index in [9.17, 15) is 30.8 Å². The van der Waals surface area contributed by atoms with Crippen molar-refractivity contribution in [3.8, 4) is 11.3 Å². The summed E-state index contributed by atoms with van der Waals surface area (Å²) in [6, 6.07) is 7.00. The first kappa shape index (κ1) is 28.6. The summed E-state index contributed by atoms with van der Waals surface area (Å²) >= 11 is 0. The van der Waals surface area contributed by atoms with E-state index in [1.54, 1.807) is 0 Å². The summed E-state index contributed by atoms with van der Waals surface area (Å²) in [6.45, 7) is 2.76. The molecule has 1 saturated heterocycles. The molecule has 0 saturated carbocycles. The van der Waals surface area contributed by atoms with E-state index in [4.69, 9.17) is 5.21 Å². The summed E-state index contributed by atoms with van der Waals surface area (Å²) in [6.07, 6.45) is -1.51. The Kier molecular flexibility index (Phi) is 9.06. The maximum absolute atomic E-state index is 13.2. The predicted octanol–water partition coefficient (Wildman–Crippen LogP) is 3.24. The minimum absolute atomic E-state index is 0.0522. The summed E-state index contributed by atoms with van der Waals surface area (Å²) in [5, 5.41) is 12.0. The number of hydrogen-bond donors (Lipinski definition) is 2. The van der Waals surface area contributed by atoms with Gasteiger partial charge >= 0.3 is 6.18 Å². The van der Waals surface area contributed by atoms with Gasteiger partial charge in [0.1, 0.15) is 23.9 Å². The maximum atomic E-state index is 13.2. The lowest BCUT2D eigenvalue weighted by molar-refractivity contribution is -0.141. The lowest BCUT2D eigenvalue weighted by Gasteiger charge is -2.23. The van der Waals surface area contributed by atoms with E-state index in [1.807, 2.05) is 0 Å². The molecule has 1 fully saturated rings. The fourth-order valence-corrected chi connectivity index (χ4v) is 5.35. The van der Waals surface area contributed by atoms with E-state index in [1.165, 1.54) is 18.5 Å². The number of carbonyl (C=O) groups excluding carboxylic acids is 1. The summed E-state index contributed by atoms with van der Waals surface area (Å²) in [5.74, 6) is -1.10. The second kappa shape index (κ2) is 12.0. The van der Waals surface area contributed by atoms with Crippen molar-refractivity contribution >= 4 is 22.6 Å². The Balaban J connectivity index is 0.00000127. The third-order valence-electron chi connectivity index (χ3n) is 5.44. The molecule has 2 aromatic heterocycles. The number of oxime groups is 1. The van der Waals surface area contributed by atoms with E-state index in [0.29, 0.717) is 29.8 Å². The lowest BCUT2D eigenvalue weighted by atomic mass is 10.1. The smallest absolute Gasteiger partial charge is 0.411 e. The zero-order valence-electron chi connectivity index (χ0n) is 19.6. The summed E-state index contributed by atoms with van der Waals surface area (Å²) in [5.41, 5.74) is -0.0131. The minimum atomic E-state index is -4.56. The average molecular weight is 555 g/mol. The molecule has 1 unspecified atom stereocenters. The molecule has 1 aliphatic rings. The van der Waals surface area contributed by atoms with Crippen LogP contribution < -0.4 is 5.32 Å². The van der Waals surface area contributed by atoms with Gasteiger partial charge < -0.3 is 10.5 Å². The maximum Gasteiger partial charge on any atom is 0.433 e. The topological polar surface area (TPSA) is 138 Å². The van der Waals surface area contributed by atoms with E-state index in [2.05, 4.69) is 32.1 Å². The molecule has 1 aliphatic heterocycles. The Morgan fingerprint density at radius 3 is 2.45 bits per heavy atom. The normalized spacial score (nSPS) is 15.8. The van der Waals surface area contributed by atoms with E-state index >= 15 is 0 Å². The fraction of sp³-hybridized carbons (Fsp3) is 0.261. The van der Waals surface area contributed by atoms with Gasteiger partial charge in [-0.05, 0) is 55.3 Å². The van der Waals surface area contributed by atoms with Gasteiger partial charge in [0.05, 0.1) is 22.8 Å². The van der Waals surface area contributed by atoms with Crippen molar-refractivity contribution in [3.63, 3.8) is 0 Å². The van der Waals surface area contributed by atoms with Gasteiger partial charge in [-0.1, -0.05) is 0 Å². The molecule has 202 valence electrons. The first-order chi connectivity index (χ1) is 18.0. The first-order valence-corrected chi connectivity index (χ1v) is 12.4. The van der Waals surface area contributed by atoms with E-state index < -0.39 is 39.7 Å². The molecular formula is C23H22F4N6O4S. The van der Waals surface area contributed by atoms with Gasteiger partial charge in [0.15, 0.2) is 0 Å². The number of hydrogen-bond acceptors (Lipinski definition) is 8. The molecule has 0 bridgehead atoms. The van der Waals surface area contributed by atoms with Crippen molar-refractivity contribution in [3.05, 3.63) is 72.2 Å². The van der Waals surface area contributed by atoms with Gasteiger partial charge in [0, 0.05) is 25.0 Å². The molecule has 0 spiro atoms.